The molecule has 0 aliphatic carbocycles. The van der Waals surface area contributed by atoms with Gasteiger partial charge in [-0.15, -0.1) is 0 Å². The number of nitrogens with one attached hydrogen (secondary N) is 1. The fourth-order valence-electron chi connectivity index (χ4n) is 1.46. The predicted molar refractivity (Wildman–Crippen MR) is 65.8 cm³/mol. The van der Waals surface area contributed by atoms with Gasteiger partial charge in [-0.3, -0.25) is 4.68 Å². The molecule has 1 unspecified atom stereocenters. The first kappa shape index (κ1) is 13.0. The van der Waals surface area contributed by atoms with Crippen molar-refractivity contribution in [2.45, 2.75) is 46.3 Å². The Morgan fingerprint density at radius 3 is 2.94 bits per heavy atom. The van der Waals surface area contributed by atoms with Crippen LogP contribution in [0.3, 0.4) is 0 Å². The maximum absolute atomic E-state index is 5.73. The van der Waals surface area contributed by atoms with Crippen LogP contribution in [-0.4, -0.2) is 29.0 Å². The lowest BCUT2D eigenvalue weighted by atomic mass is 10.3. The van der Waals surface area contributed by atoms with E-state index in [2.05, 4.69) is 31.2 Å². The largest absolute Gasteiger partial charge is 0.486 e. The third-order valence-corrected chi connectivity index (χ3v) is 2.41. The molecule has 92 valence electrons. The summed E-state index contributed by atoms with van der Waals surface area (Å²) in [6.07, 6.45) is 6.34. The molecule has 1 atom stereocenters. The molecule has 1 N–H and O–H groups in total. The van der Waals surface area contributed by atoms with Crippen molar-refractivity contribution in [1.82, 2.24) is 15.1 Å². The maximum Gasteiger partial charge on any atom is 0.157 e. The van der Waals surface area contributed by atoms with E-state index in [1.807, 2.05) is 10.9 Å². The van der Waals surface area contributed by atoms with Gasteiger partial charge in [0.2, 0.25) is 0 Å². The summed E-state index contributed by atoms with van der Waals surface area (Å²) in [5.74, 6) is 0.853. The highest BCUT2D eigenvalue weighted by atomic mass is 16.5. The Bertz CT molecular complexity index is 286. The number of aromatic nitrogens is 2. The lowest BCUT2D eigenvalue weighted by molar-refractivity contribution is 0.217. The van der Waals surface area contributed by atoms with Crippen LogP contribution in [0.1, 0.15) is 33.6 Å². The van der Waals surface area contributed by atoms with Crippen molar-refractivity contribution in [3.8, 4) is 5.75 Å². The standard InChI is InChI=1S/C12H23N3O/c1-4-6-7-13-8-11(3)16-12-9-14-15(5-2)10-12/h9-11,13H,4-8H2,1-3H3. The molecule has 0 bridgehead atoms. The fraction of sp³-hybridized carbons (Fsp3) is 0.750. The normalized spacial score (nSPS) is 12.7. The number of ether oxygens (including phenoxy) is 1. The minimum absolute atomic E-state index is 0.186. The number of rotatable bonds is 8. The number of nitrogens with zero attached hydrogens (tertiary/aromatic N) is 2. The molecule has 0 aliphatic rings. The van der Waals surface area contributed by atoms with Crippen molar-refractivity contribution >= 4 is 0 Å². The zero-order chi connectivity index (χ0) is 11.8. The molecule has 0 aromatic carbocycles. The molecular formula is C12H23N3O. The third-order valence-electron chi connectivity index (χ3n) is 2.41. The van der Waals surface area contributed by atoms with Crippen molar-refractivity contribution in [3.63, 3.8) is 0 Å². The van der Waals surface area contributed by atoms with Crippen LogP contribution in [-0.2, 0) is 6.54 Å². The summed E-state index contributed by atoms with van der Waals surface area (Å²) in [6, 6.07) is 0. The van der Waals surface area contributed by atoms with E-state index < -0.39 is 0 Å². The molecule has 4 nitrogen and oxygen atoms in total. The number of aryl methyl sites for hydroxylation is 1. The fourth-order valence-corrected chi connectivity index (χ4v) is 1.46. The zero-order valence-corrected chi connectivity index (χ0v) is 10.6. The molecule has 0 radical (unpaired) electrons. The molecule has 1 heterocycles. The van der Waals surface area contributed by atoms with Gasteiger partial charge in [-0.25, -0.2) is 0 Å². The Morgan fingerprint density at radius 2 is 2.31 bits per heavy atom. The lowest BCUT2D eigenvalue weighted by Crippen LogP contribution is -2.29. The second-order valence-corrected chi connectivity index (χ2v) is 4.02. The lowest BCUT2D eigenvalue weighted by Gasteiger charge is -2.13. The van der Waals surface area contributed by atoms with Gasteiger partial charge in [-0.2, -0.15) is 5.10 Å². The van der Waals surface area contributed by atoms with E-state index >= 15 is 0 Å². The summed E-state index contributed by atoms with van der Waals surface area (Å²) in [6.45, 7) is 9.16. The maximum atomic E-state index is 5.73. The minimum atomic E-state index is 0.186. The van der Waals surface area contributed by atoms with Crippen LogP contribution in [0.4, 0.5) is 0 Å². The highest BCUT2D eigenvalue weighted by Gasteiger charge is 2.04. The van der Waals surface area contributed by atoms with Crippen molar-refractivity contribution in [2.24, 2.45) is 0 Å². The molecule has 0 spiro atoms. The van der Waals surface area contributed by atoms with E-state index in [0.717, 1.165) is 25.4 Å². The molecule has 16 heavy (non-hydrogen) atoms. The summed E-state index contributed by atoms with van der Waals surface area (Å²) in [5.41, 5.74) is 0. The summed E-state index contributed by atoms with van der Waals surface area (Å²) in [4.78, 5) is 0. The summed E-state index contributed by atoms with van der Waals surface area (Å²) < 4.78 is 7.60. The summed E-state index contributed by atoms with van der Waals surface area (Å²) in [5, 5.41) is 7.54. The first-order valence-electron chi connectivity index (χ1n) is 6.16. The van der Waals surface area contributed by atoms with E-state index in [-0.39, 0.29) is 6.10 Å². The SMILES string of the molecule is CCCCNCC(C)Oc1cnn(CC)c1. The van der Waals surface area contributed by atoms with E-state index in [0.29, 0.717) is 0 Å². The molecule has 4 heteroatoms. The first-order chi connectivity index (χ1) is 7.76. The number of hydrogen-bond acceptors (Lipinski definition) is 3. The minimum Gasteiger partial charge on any atom is -0.486 e. The second kappa shape index (κ2) is 7.28. The van der Waals surface area contributed by atoms with Gasteiger partial charge >= 0.3 is 0 Å². The summed E-state index contributed by atoms with van der Waals surface area (Å²) in [7, 11) is 0. The Balaban J connectivity index is 2.20. The quantitative estimate of drug-likeness (QED) is 0.688. The van der Waals surface area contributed by atoms with Crippen LogP contribution in [0.2, 0.25) is 0 Å². The highest BCUT2D eigenvalue weighted by Crippen LogP contribution is 2.09. The molecule has 1 aromatic rings. The van der Waals surface area contributed by atoms with Gasteiger partial charge in [0, 0.05) is 13.1 Å². The van der Waals surface area contributed by atoms with Crippen LogP contribution < -0.4 is 10.1 Å². The molecule has 0 fully saturated rings. The van der Waals surface area contributed by atoms with Gasteiger partial charge in [-0.1, -0.05) is 13.3 Å². The zero-order valence-electron chi connectivity index (χ0n) is 10.6. The van der Waals surface area contributed by atoms with E-state index in [9.17, 15) is 0 Å². The van der Waals surface area contributed by atoms with Gasteiger partial charge in [0.1, 0.15) is 6.10 Å². The van der Waals surface area contributed by atoms with Gasteiger partial charge in [-0.05, 0) is 26.8 Å². The number of hydrogen-bond donors (Lipinski definition) is 1. The predicted octanol–water partition coefficient (Wildman–Crippen LogP) is 2.06. The van der Waals surface area contributed by atoms with Crippen molar-refractivity contribution in [1.29, 1.82) is 0 Å². The van der Waals surface area contributed by atoms with Crippen LogP contribution in [0.25, 0.3) is 0 Å². The molecule has 0 saturated heterocycles. The highest BCUT2D eigenvalue weighted by molar-refractivity contribution is 5.12. The topological polar surface area (TPSA) is 39.1 Å². The Kier molecular flexibility index (Phi) is 5.93. The van der Waals surface area contributed by atoms with Gasteiger partial charge in [0.05, 0.1) is 12.4 Å². The first-order valence-corrected chi connectivity index (χ1v) is 6.16. The molecule has 1 rings (SSSR count). The van der Waals surface area contributed by atoms with E-state index in [4.69, 9.17) is 4.74 Å². The van der Waals surface area contributed by atoms with Gasteiger partial charge in [0.25, 0.3) is 0 Å². The van der Waals surface area contributed by atoms with Gasteiger partial charge < -0.3 is 10.1 Å². The van der Waals surface area contributed by atoms with Crippen LogP contribution in [0.15, 0.2) is 12.4 Å². The molecule has 0 amide bonds. The molecule has 0 saturated carbocycles. The van der Waals surface area contributed by atoms with E-state index in [1.54, 1.807) is 6.20 Å². The summed E-state index contributed by atoms with van der Waals surface area (Å²) >= 11 is 0. The average molecular weight is 225 g/mol. The van der Waals surface area contributed by atoms with E-state index in [1.165, 1.54) is 12.8 Å². The van der Waals surface area contributed by atoms with Crippen LogP contribution >= 0.6 is 0 Å². The Morgan fingerprint density at radius 1 is 1.50 bits per heavy atom. The molecule has 0 aliphatic heterocycles. The Hall–Kier alpha value is -1.03. The monoisotopic (exact) mass is 225 g/mol. The average Bonchev–Trinajstić information content (AvgIpc) is 2.72. The molecule has 1 aromatic heterocycles. The smallest absolute Gasteiger partial charge is 0.157 e. The number of unbranched alkanes of at least 4 members (excludes halogenated alkanes) is 1. The van der Waals surface area contributed by atoms with Crippen LogP contribution in [0.5, 0.6) is 5.75 Å². The van der Waals surface area contributed by atoms with Crippen LogP contribution in [0, 0.1) is 0 Å². The van der Waals surface area contributed by atoms with Crippen molar-refractivity contribution in [3.05, 3.63) is 12.4 Å². The molecular weight excluding hydrogens is 202 g/mol. The second-order valence-electron chi connectivity index (χ2n) is 4.02. The third kappa shape index (κ3) is 4.66. The van der Waals surface area contributed by atoms with Crippen molar-refractivity contribution < 1.29 is 4.74 Å². The Labute approximate surface area is 98.0 Å². The van der Waals surface area contributed by atoms with Crippen molar-refractivity contribution in [2.75, 3.05) is 13.1 Å². The van der Waals surface area contributed by atoms with Gasteiger partial charge in [0.15, 0.2) is 5.75 Å².